The summed E-state index contributed by atoms with van der Waals surface area (Å²) in [7, 11) is 0. The molecule has 0 fully saturated rings. The number of hydrogen-bond donors (Lipinski definition) is 1. The van der Waals surface area contributed by atoms with Crippen molar-refractivity contribution >= 4 is 0 Å². The highest BCUT2D eigenvalue weighted by Crippen LogP contribution is 2.24. The molecule has 0 saturated heterocycles. The first kappa shape index (κ1) is 27.5. The molecule has 0 spiro atoms. The lowest BCUT2D eigenvalue weighted by molar-refractivity contribution is 0.356. The van der Waals surface area contributed by atoms with E-state index in [2.05, 4.69) is 44.9 Å². The molecule has 0 aliphatic heterocycles. The number of unbranched alkanes of at least 4 members (excludes halogenated alkanes) is 10. The van der Waals surface area contributed by atoms with Crippen LogP contribution in [0.15, 0.2) is 0 Å². The van der Waals surface area contributed by atoms with Crippen molar-refractivity contribution < 1.29 is 0 Å². The van der Waals surface area contributed by atoms with Crippen LogP contribution < -0.4 is 5.32 Å². The fraction of sp³-hybridized carbons (Fsp3) is 0.926. The van der Waals surface area contributed by atoms with Crippen LogP contribution in [0.5, 0.6) is 0 Å². The standard InChI is InChI=1S/C27H53N/c1-5-8-10-11-12-13-14-15-16-17-21-27(25-26(4)20-9-6-2)22-18-19-24-28-23-7-3/h26-28H,5-8,10-19,21-25H2,1-4H3/t26-,27?/m0/s1. The molecule has 1 unspecified atom stereocenters. The maximum Gasteiger partial charge on any atom is 0.0177 e. The summed E-state index contributed by atoms with van der Waals surface area (Å²) >= 11 is 0. The summed E-state index contributed by atoms with van der Waals surface area (Å²) in [4.78, 5) is 0. The third kappa shape index (κ3) is 20.3. The zero-order valence-corrected chi connectivity index (χ0v) is 20.1. The molecule has 0 radical (unpaired) electrons. The van der Waals surface area contributed by atoms with E-state index in [0.717, 1.165) is 12.3 Å². The molecular formula is C27H53N. The molecule has 0 aliphatic carbocycles. The van der Waals surface area contributed by atoms with E-state index in [-0.39, 0.29) is 0 Å². The number of hydrogen-bond acceptors (Lipinski definition) is 1. The molecular weight excluding hydrogens is 338 g/mol. The Morgan fingerprint density at radius 2 is 1.21 bits per heavy atom. The van der Waals surface area contributed by atoms with Crippen LogP contribution in [0.1, 0.15) is 137 Å². The van der Waals surface area contributed by atoms with E-state index in [0.29, 0.717) is 5.92 Å². The van der Waals surface area contributed by atoms with Crippen molar-refractivity contribution in [1.29, 1.82) is 0 Å². The number of nitrogens with one attached hydrogen (secondary N) is 1. The zero-order chi connectivity index (χ0) is 20.7. The summed E-state index contributed by atoms with van der Waals surface area (Å²) in [6.07, 6.45) is 23.5. The van der Waals surface area contributed by atoms with Crippen LogP contribution in [0.2, 0.25) is 0 Å². The van der Waals surface area contributed by atoms with Gasteiger partial charge in [0.1, 0.15) is 0 Å². The van der Waals surface area contributed by atoms with E-state index in [4.69, 9.17) is 0 Å². The Morgan fingerprint density at radius 3 is 1.79 bits per heavy atom. The van der Waals surface area contributed by atoms with Crippen LogP contribution in [-0.2, 0) is 0 Å². The highest BCUT2D eigenvalue weighted by atomic mass is 14.8. The van der Waals surface area contributed by atoms with Crippen LogP contribution in [0.25, 0.3) is 0 Å². The maximum absolute atomic E-state index is 3.54. The van der Waals surface area contributed by atoms with E-state index >= 15 is 0 Å². The monoisotopic (exact) mass is 391 g/mol. The molecule has 166 valence electrons. The van der Waals surface area contributed by atoms with Gasteiger partial charge in [0.15, 0.2) is 0 Å². The lowest BCUT2D eigenvalue weighted by atomic mass is 9.87. The van der Waals surface area contributed by atoms with Gasteiger partial charge >= 0.3 is 0 Å². The molecule has 0 amide bonds. The van der Waals surface area contributed by atoms with Gasteiger partial charge in [0.05, 0.1) is 0 Å². The molecule has 0 aromatic heterocycles. The zero-order valence-electron chi connectivity index (χ0n) is 20.1. The van der Waals surface area contributed by atoms with Gasteiger partial charge in [0.25, 0.3) is 0 Å². The third-order valence-corrected chi connectivity index (χ3v) is 5.82. The molecule has 0 aromatic carbocycles. The van der Waals surface area contributed by atoms with Gasteiger partial charge in [-0.05, 0) is 38.3 Å². The van der Waals surface area contributed by atoms with Gasteiger partial charge in [0, 0.05) is 12.3 Å². The first-order valence-electron chi connectivity index (χ1n) is 12.9. The second kappa shape index (κ2) is 22.8. The SMILES string of the molecule is CCC#C[C@H](C)CC(CCCCCCCCCCCC)CCCCNCCC. The first-order chi connectivity index (χ1) is 13.7. The Hall–Kier alpha value is -0.480. The van der Waals surface area contributed by atoms with Crippen LogP contribution in [0, 0.1) is 23.7 Å². The molecule has 0 heterocycles. The van der Waals surface area contributed by atoms with Crippen molar-refractivity contribution in [3.63, 3.8) is 0 Å². The largest absolute Gasteiger partial charge is 0.317 e. The Kier molecular flexibility index (Phi) is 22.4. The molecule has 2 atom stereocenters. The number of rotatable bonds is 20. The molecule has 0 aliphatic rings. The predicted molar refractivity (Wildman–Crippen MR) is 129 cm³/mol. The molecule has 1 nitrogen and oxygen atoms in total. The molecule has 28 heavy (non-hydrogen) atoms. The molecule has 1 N–H and O–H groups in total. The van der Waals surface area contributed by atoms with Crippen molar-refractivity contribution in [2.75, 3.05) is 13.1 Å². The van der Waals surface area contributed by atoms with Gasteiger partial charge in [-0.1, -0.05) is 111 Å². The van der Waals surface area contributed by atoms with Crippen LogP contribution in [0.3, 0.4) is 0 Å². The quantitative estimate of drug-likeness (QED) is 0.162. The fourth-order valence-electron chi connectivity index (χ4n) is 4.12. The lowest BCUT2D eigenvalue weighted by Gasteiger charge is -2.19. The summed E-state index contributed by atoms with van der Waals surface area (Å²) in [5.41, 5.74) is 0. The van der Waals surface area contributed by atoms with E-state index in [1.54, 1.807) is 0 Å². The summed E-state index contributed by atoms with van der Waals surface area (Å²) < 4.78 is 0. The van der Waals surface area contributed by atoms with Crippen molar-refractivity contribution in [3.05, 3.63) is 0 Å². The Morgan fingerprint density at radius 1 is 0.643 bits per heavy atom. The Balaban J connectivity index is 3.89. The minimum absolute atomic E-state index is 0.575. The fourth-order valence-corrected chi connectivity index (χ4v) is 4.12. The smallest absolute Gasteiger partial charge is 0.0177 e. The van der Waals surface area contributed by atoms with E-state index in [1.807, 2.05) is 0 Å². The van der Waals surface area contributed by atoms with E-state index in [9.17, 15) is 0 Å². The lowest BCUT2D eigenvalue weighted by Crippen LogP contribution is -2.16. The van der Waals surface area contributed by atoms with E-state index in [1.165, 1.54) is 116 Å². The normalized spacial score (nSPS) is 13.1. The molecule has 0 bridgehead atoms. The second-order valence-electron chi connectivity index (χ2n) is 8.89. The molecule has 1 heteroatoms. The summed E-state index contributed by atoms with van der Waals surface area (Å²) in [5, 5.41) is 3.54. The van der Waals surface area contributed by atoms with Gasteiger partial charge in [-0.3, -0.25) is 0 Å². The third-order valence-electron chi connectivity index (χ3n) is 5.82. The van der Waals surface area contributed by atoms with Crippen molar-refractivity contribution in [1.82, 2.24) is 5.32 Å². The van der Waals surface area contributed by atoms with Gasteiger partial charge in [-0.15, -0.1) is 11.8 Å². The highest BCUT2D eigenvalue weighted by molar-refractivity contribution is 5.01. The molecule has 0 saturated carbocycles. The van der Waals surface area contributed by atoms with Crippen molar-refractivity contribution in [3.8, 4) is 11.8 Å². The average molecular weight is 392 g/mol. The highest BCUT2D eigenvalue weighted by Gasteiger charge is 2.12. The minimum Gasteiger partial charge on any atom is -0.317 e. The van der Waals surface area contributed by atoms with Crippen LogP contribution in [0.4, 0.5) is 0 Å². The first-order valence-corrected chi connectivity index (χ1v) is 12.9. The summed E-state index contributed by atoms with van der Waals surface area (Å²) in [6.45, 7) is 11.4. The van der Waals surface area contributed by atoms with Gasteiger partial charge < -0.3 is 5.32 Å². The maximum atomic E-state index is 3.54. The summed E-state index contributed by atoms with van der Waals surface area (Å²) in [5.74, 6) is 8.22. The minimum atomic E-state index is 0.575. The van der Waals surface area contributed by atoms with Gasteiger partial charge in [0.2, 0.25) is 0 Å². The molecule has 0 aromatic rings. The predicted octanol–water partition coefficient (Wildman–Crippen LogP) is 8.52. The second-order valence-corrected chi connectivity index (χ2v) is 8.89. The average Bonchev–Trinajstić information content (AvgIpc) is 2.70. The topological polar surface area (TPSA) is 12.0 Å². The Bertz CT molecular complexity index is 351. The van der Waals surface area contributed by atoms with Crippen molar-refractivity contribution in [2.24, 2.45) is 11.8 Å². The van der Waals surface area contributed by atoms with Gasteiger partial charge in [-0.2, -0.15) is 0 Å². The van der Waals surface area contributed by atoms with Crippen LogP contribution >= 0.6 is 0 Å². The van der Waals surface area contributed by atoms with Gasteiger partial charge in [-0.25, -0.2) is 0 Å². The molecule has 0 rings (SSSR count). The van der Waals surface area contributed by atoms with Crippen LogP contribution in [-0.4, -0.2) is 13.1 Å². The van der Waals surface area contributed by atoms with E-state index < -0.39 is 0 Å². The Labute approximate surface area is 179 Å². The van der Waals surface area contributed by atoms with Crippen molar-refractivity contribution in [2.45, 2.75) is 137 Å². The summed E-state index contributed by atoms with van der Waals surface area (Å²) in [6, 6.07) is 0.